The van der Waals surface area contributed by atoms with Crippen molar-refractivity contribution >= 4 is 17.7 Å². The first kappa shape index (κ1) is 23.7. The highest BCUT2D eigenvalue weighted by Gasteiger charge is 2.50. The normalized spacial score (nSPS) is 22.8. The maximum atomic E-state index is 14.2. The van der Waals surface area contributed by atoms with E-state index >= 15 is 0 Å². The zero-order valence-electron chi connectivity index (χ0n) is 20.3. The number of nitrogens with one attached hydrogen (secondary N) is 1. The summed E-state index contributed by atoms with van der Waals surface area (Å²) >= 11 is 0. The molecule has 1 N–H and O–H groups in total. The van der Waals surface area contributed by atoms with Crippen LogP contribution in [0.15, 0.2) is 63.6 Å². The number of hydrogen-bond acceptors (Lipinski definition) is 9. The maximum Gasteiger partial charge on any atom is 0.336 e. The van der Waals surface area contributed by atoms with Crippen LogP contribution in [-0.2, 0) is 23.9 Å². The molecule has 2 aliphatic heterocycles. The average Bonchev–Trinajstić information content (AvgIpc) is 3.55. The summed E-state index contributed by atoms with van der Waals surface area (Å²) in [5, 5.41) is 3.26. The predicted molar refractivity (Wildman–Crippen MR) is 126 cm³/mol. The summed E-state index contributed by atoms with van der Waals surface area (Å²) in [6.45, 7) is 5.60. The molecule has 9 nitrogen and oxygen atoms in total. The molecule has 188 valence electrons. The van der Waals surface area contributed by atoms with Crippen LogP contribution in [0.1, 0.15) is 50.4 Å². The monoisotopic (exact) mass is 493 g/mol. The van der Waals surface area contributed by atoms with E-state index in [9.17, 15) is 14.4 Å². The number of dihydropyridines is 1. The first-order valence-corrected chi connectivity index (χ1v) is 12.0. The number of ketones is 1. The fourth-order valence-electron chi connectivity index (χ4n) is 5.21. The van der Waals surface area contributed by atoms with Crippen molar-refractivity contribution in [3.63, 3.8) is 0 Å². The number of fused-ring (bicyclic) bond motifs is 1. The molecule has 0 saturated heterocycles. The summed E-state index contributed by atoms with van der Waals surface area (Å²) in [6, 6.07) is 8.78. The van der Waals surface area contributed by atoms with Crippen molar-refractivity contribution in [3.05, 3.63) is 70.5 Å². The van der Waals surface area contributed by atoms with E-state index in [0.29, 0.717) is 51.8 Å². The third-order valence-electron chi connectivity index (χ3n) is 6.69. The lowest BCUT2D eigenvalue weighted by atomic mass is 9.68. The Kier molecular flexibility index (Phi) is 6.30. The standard InChI is InChI=1S/C27H27NO8/c1-4-32-26(30)21-14(3)28-17-12-16(18-7-6-10-34-18)23(27(31)33-5-2)25(29)24(17)22(21)15-8-9-19-20(11-15)36-13-35-19/h6-11,16,22-23,28H,4-5,12-13H2,1-3H3/t16-,22+,23-/m1/s1. The minimum atomic E-state index is -1.12. The highest BCUT2D eigenvalue weighted by molar-refractivity contribution is 6.13. The Morgan fingerprint density at radius 1 is 1.08 bits per heavy atom. The Morgan fingerprint density at radius 3 is 2.58 bits per heavy atom. The van der Waals surface area contributed by atoms with Crippen LogP contribution in [-0.4, -0.2) is 37.7 Å². The number of Topliss-reactive ketones (excluding diaryl/α,β-unsaturated/α-hetero) is 1. The predicted octanol–water partition coefficient (Wildman–Crippen LogP) is 3.72. The van der Waals surface area contributed by atoms with Crippen molar-refractivity contribution < 1.29 is 37.7 Å². The number of hydrogen-bond donors (Lipinski definition) is 1. The van der Waals surface area contributed by atoms with Gasteiger partial charge in [-0.3, -0.25) is 9.59 Å². The van der Waals surface area contributed by atoms with Gasteiger partial charge in [-0.2, -0.15) is 0 Å². The van der Waals surface area contributed by atoms with E-state index < -0.39 is 35.5 Å². The molecule has 0 amide bonds. The van der Waals surface area contributed by atoms with Gasteiger partial charge in [-0.25, -0.2) is 4.79 Å². The topological polar surface area (TPSA) is 113 Å². The van der Waals surface area contributed by atoms with Crippen LogP contribution in [0.4, 0.5) is 0 Å². The lowest BCUT2D eigenvalue weighted by Crippen LogP contribution is -2.43. The highest BCUT2D eigenvalue weighted by atomic mass is 16.7. The molecule has 3 atom stereocenters. The summed E-state index contributed by atoms with van der Waals surface area (Å²) in [7, 11) is 0. The van der Waals surface area contributed by atoms with Crippen molar-refractivity contribution in [3.8, 4) is 11.5 Å². The molecule has 0 spiro atoms. The van der Waals surface area contributed by atoms with Crippen LogP contribution in [0.5, 0.6) is 11.5 Å². The molecule has 0 radical (unpaired) electrons. The molecule has 1 aliphatic carbocycles. The molecule has 36 heavy (non-hydrogen) atoms. The minimum Gasteiger partial charge on any atom is -0.469 e. The summed E-state index contributed by atoms with van der Waals surface area (Å²) in [5.74, 6) is -2.38. The number of furan rings is 1. The quantitative estimate of drug-likeness (QED) is 0.475. The molecule has 0 unspecified atom stereocenters. The van der Waals surface area contributed by atoms with E-state index in [4.69, 9.17) is 23.4 Å². The Hall–Kier alpha value is -4.01. The van der Waals surface area contributed by atoms with E-state index in [-0.39, 0.29) is 20.0 Å². The number of esters is 2. The second kappa shape index (κ2) is 9.56. The smallest absolute Gasteiger partial charge is 0.336 e. The number of allylic oxidation sites excluding steroid dienone is 3. The second-order valence-electron chi connectivity index (χ2n) is 8.74. The summed E-state index contributed by atoms with van der Waals surface area (Å²) in [6.07, 6.45) is 1.84. The molecular weight excluding hydrogens is 466 g/mol. The van der Waals surface area contributed by atoms with Gasteiger partial charge in [0, 0.05) is 28.8 Å². The summed E-state index contributed by atoms with van der Waals surface area (Å²) < 4.78 is 27.3. The summed E-state index contributed by atoms with van der Waals surface area (Å²) in [5.41, 5.74) is 2.51. The number of benzene rings is 1. The molecular formula is C27H27NO8. The number of carbonyl (C=O) groups is 3. The first-order chi connectivity index (χ1) is 17.4. The average molecular weight is 494 g/mol. The van der Waals surface area contributed by atoms with E-state index in [2.05, 4.69) is 5.32 Å². The molecule has 1 aromatic heterocycles. The summed E-state index contributed by atoms with van der Waals surface area (Å²) in [4.78, 5) is 40.4. The first-order valence-electron chi connectivity index (χ1n) is 12.0. The molecule has 2 aromatic rings. The van der Waals surface area contributed by atoms with Gasteiger partial charge in [-0.1, -0.05) is 6.07 Å². The SMILES string of the molecule is CCOC(=O)C1=C(C)NC2=C(C(=O)[C@H](C(=O)OCC)[C@@H](c3ccco3)C2)[C@H]1c1ccc2c(c1)OCO2. The third kappa shape index (κ3) is 3.94. The van der Waals surface area contributed by atoms with Gasteiger partial charge in [-0.15, -0.1) is 0 Å². The third-order valence-corrected chi connectivity index (χ3v) is 6.69. The second-order valence-corrected chi connectivity index (χ2v) is 8.74. The van der Waals surface area contributed by atoms with Crippen molar-refractivity contribution in [1.29, 1.82) is 0 Å². The van der Waals surface area contributed by atoms with Gasteiger partial charge in [0.15, 0.2) is 17.3 Å². The van der Waals surface area contributed by atoms with Gasteiger partial charge in [0.2, 0.25) is 6.79 Å². The minimum absolute atomic E-state index is 0.0905. The van der Waals surface area contributed by atoms with E-state index in [1.165, 1.54) is 6.26 Å². The molecule has 5 rings (SSSR count). The van der Waals surface area contributed by atoms with E-state index in [1.54, 1.807) is 51.1 Å². The van der Waals surface area contributed by atoms with Crippen molar-refractivity contribution in [2.75, 3.05) is 20.0 Å². The number of rotatable bonds is 6. The van der Waals surface area contributed by atoms with Crippen molar-refractivity contribution in [2.45, 2.75) is 39.0 Å². The highest BCUT2D eigenvalue weighted by Crippen LogP contribution is 2.49. The van der Waals surface area contributed by atoms with Gasteiger partial charge < -0.3 is 28.7 Å². The van der Waals surface area contributed by atoms with Crippen LogP contribution in [0.3, 0.4) is 0 Å². The number of carbonyl (C=O) groups excluding carboxylic acids is 3. The van der Waals surface area contributed by atoms with Gasteiger partial charge in [0.05, 0.1) is 25.1 Å². The molecule has 0 fully saturated rings. The van der Waals surface area contributed by atoms with Crippen LogP contribution in [0, 0.1) is 5.92 Å². The largest absolute Gasteiger partial charge is 0.469 e. The van der Waals surface area contributed by atoms with E-state index in [0.717, 1.165) is 0 Å². The zero-order chi connectivity index (χ0) is 25.4. The van der Waals surface area contributed by atoms with E-state index in [1.807, 2.05) is 0 Å². The number of ether oxygens (including phenoxy) is 4. The molecule has 3 heterocycles. The molecule has 1 aromatic carbocycles. The van der Waals surface area contributed by atoms with Gasteiger partial charge in [-0.05, 0) is 57.0 Å². The van der Waals surface area contributed by atoms with Crippen molar-refractivity contribution in [1.82, 2.24) is 5.32 Å². The Bertz CT molecular complexity index is 1270. The maximum absolute atomic E-state index is 14.2. The molecule has 0 bridgehead atoms. The van der Waals surface area contributed by atoms with Gasteiger partial charge in [0.1, 0.15) is 11.7 Å². The van der Waals surface area contributed by atoms with Crippen LogP contribution in [0.2, 0.25) is 0 Å². The molecule has 0 saturated carbocycles. The van der Waals surface area contributed by atoms with Crippen LogP contribution >= 0.6 is 0 Å². The lowest BCUT2D eigenvalue weighted by molar-refractivity contribution is -0.152. The Balaban J connectivity index is 1.67. The van der Waals surface area contributed by atoms with Gasteiger partial charge in [0.25, 0.3) is 0 Å². The Morgan fingerprint density at radius 2 is 1.86 bits per heavy atom. The fraction of sp³-hybridized carbons (Fsp3) is 0.370. The molecule has 9 heteroatoms. The fourth-order valence-corrected chi connectivity index (χ4v) is 5.21. The zero-order valence-corrected chi connectivity index (χ0v) is 20.3. The van der Waals surface area contributed by atoms with Gasteiger partial charge >= 0.3 is 11.9 Å². The van der Waals surface area contributed by atoms with Crippen LogP contribution in [0.25, 0.3) is 0 Å². The lowest BCUT2D eigenvalue weighted by Gasteiger charge is -2.38. The Labute approximate surface area is 208 Å². The van der Waals surface area contributed by atoms with Crippen LogP contribution < -0.4 is 14.8 Å². The van der Waals surface area contributed by atoms with Crippen molar-refractivity contribution in [2.24, 2.45) is 5.92 Å². The molecule has 3 aliphatic rings.